The van der Waals surface area contributed by atoms with Gasteiger partial charge in [-0.05, 0) is 19.3 Å². The summed E-state index contributed by atoms with van der Waals surface area (Å²) in [7, 11) is 0. The molecule has 6 heteroatoms. The van der Waals surface area contributed by atoms with Crippen molar-refractivity contribution in [3.8, 4) is 0 Å². The second-order valence-corrected chi connectivity index (χ2v) is 4.50. The first-order chi connectivity index (χ1) is 8.02. The molecule has 0 spiro atoms. The zero-order valence-electron chi connectivity index (χ0n) is 9.84. The zero-order chi connectivity index (χ0) is 12.6. The van der Waals surface area contributed by atoms with Crippen LogP contribution in [-0.2, 0) is 4.74 Å². The molecule has 0 aromatic carbocycles. The highest BCUT2D eigenvalue weighted by Crippen LogP contribution is 2.31. The minimum atomic E-state index is -0.476. The lowest BCUT2D eigenvalue weighted by Crippen LogP contribution is -2.33. The average molecular weight is 240 g/mol. The Morgan fingerprint density at radius 3 is 2.88 bits per heavy atom. The molecule has 1 unspecified atom stereocenters. The van der Waals surface area contributed by atoms with E-state index in [-0.39, 0.29) is 24.2 Å². The van der Waals surface area contributed by atoms with Crippen LogP contribution in [0.3, 0.4) is 0 Å². The predicted molar refractivity (Wildman–Crippen MR) is 60.8 cm³/mol. The second-order valence-electron chi connectivity index (χ2n) is 4.50. The second kappa shape index (κ2) is 4.46. The van der Waals surface area contributed by atoms with E-state index >= 15 is 0 Å². The maximum absolute atomic E-state index is 11.6. The maximum Gasteiger partial charge on any atom is 0.330 e. The fourth-order valence-electron chi connectivity index (χ4n) is 2.06. The highest BCUT2D eigenvalue weighted by Gasteiger charge is 2.33. The van der Waals surface area contributed by atoms with E-state index in [9.17, 15) is 9.59 Å². The van der Waals surface area contributed by atoms with Gasteiger partial charge in [0.05, 0.1) is 12.7 Å². The van der Waals surface area contributed by atoms with Gasteiger partial charge in [-0.15, -0.1) is 0 Å². The molecule has 6 nitrogen and oxygen atoms in total. The van der Waals surface area contributed by atoms with Crippen LogP contribution in [0.25, 0.3) is 0 Å². The van der Waals surface area contributed by atoms with E-state index in [4.69, 9.17) is 9.84 Å². The van der Waals surface area contributed by atoms with Gasteiger partial charge in [0, 0.05) is 11.8 Å². The van der Waals surface area contributed by atoms with Gasteiger partial charge in [-0.1, -0.05) is 6.92 Å². The van der Waals surface area contributed by atoms with Gasteiger partial charge in [-0.25, -0.2) is 4.79 Å². The molecular formula is C11H16N2O4. The van der Waals surface area contributed by atoms with Crippen LogP contribution < -0.4 is 11.2 Å². The Bertz CT molecular complexity index is 519. The number of aliphatic hydroxyl groups is 1. The molecule has 1 aliphatic rings. The fourth-order valence-corrected chi connectivity index (χ4v) is 2.06. The first-order valence-corrected chi connectivity index (χ1v) is 5.61. The largest absolute Gasteiger partial charge is 0.394 e. The van der Waals surface area contributed by atoms with Crippen LogP contribution >= 0.6 is 0 Å². The van der Waals surface area contributed by atoms with Crippen LogP contribution in [0.4, 0.5) is 0 Å². The SMILES string of the molecule is Cc1cn([C@H]2CC(C)[C@@H](CO)O2)c(=O)[nH]c1=O. The lowest BCUT2D eigenvalue weighted by Gasteiger charge is -2.14. The van der Waals surface area contributed by atoms with Crippen molar-refractivity contribution < 1.29 is 9.84 Å². The Morgan fingerprint density at radius 1 is 1.59 bits per heavy atom. The molecule has 1 aromatic rings. The molecule has 3 atom stereocenters. The first-order valence-electron chi connectivity index (χ1n) is 5.61. The first kappa shape index (κ1) is 12.1. The number of nitrogens with zero attached hydrogens (tertiary/aromatic N) is 1. The molecule has 94 valence electrons. The van der Waals surface area contributed by atoms with Crippen LogP contribution in [0.5, 0.6) is 0 Å². The quantitative estimate of drug-likeness (QED) is 0.747. The van der Waals surface area contributed by atoms with Gasteiger partial charge in [0.1, 0.15) is 6.23 Å². The molecule has 17 heavy (non-hydrogen) atoms. The van der Waals surface area contributed by atoms with Gasteiger partial charge in [0.2, 0.25) is 0 Å². The standard InChI is InChI=1S/C11H16N2O4/c1-6-3-9(17-8(6)5-14)13-4-7(2)10(15)12-11(13)16/h4,6,8-9,14H,3,5H2,1-2H3,(H,12,15,16)/t6?,8-,9-/m1/s1. The van der Waals surface area contributed by atoms with E-state index in [0.29, 0.717) is 12.0 Å². The van der Waals surface area contributed by atoms with Crippen molar-refractivity contribution in [2.75, 3.05) is 6.61 Å². The third-order valence-corrected chi connectivity index (χ3v) is 3.18. The molecule has 1 aliphatic heterocycles. The number of hydrogen-bond donors (Lipinski definition) is 2. The smallest absolute Gasteiger partial charge is 0.330 e. The molecule has 0 saturated carbocycles. The van der Waals surface area contributed by atoms with Crippen molar-refractivity contribution in [1.29, 1.82) is 0 Å². The molecule has 0 radical (unpaired) electrons. The number of aliphatic hydroxyl groups excluding tert-OH is 1. The number of aromatic nitrogens is 2. The third kappa shape index (κ3) is 2.18. The van der Waals surface area contributed by atoms with Crippen molar-refractivity contribution in [2.24, 2.45) is 5.92 Å². The molecule has 0 bridgehead atoms. The molecule has 0 aliphatic carbocycles. The molecule has 1 aromatic heterocycles. The summed E-state index contributed by atoms with van der Waals surface area (Å²) in [5.74, 6) is 0.184. The Kier molecular flexibility index (Phi) is 3.17. The molecule has 1 fully saturated rings. The highest BCUT2D eigenvalue weighted by atomic mass is 16.5. The maximum atomic E-state index is 11.6. The van der Waals surface area contributed by atoms with Crippen molar-refractivity contribution in [2.45, 2.75) is 32.6 Å². The minimum absolute atomic E-state index is 0.0608. The van der Waals surface area contributed by atoms with Crippen molar-refractivity contribution in [1.82, 2.24) is 9.55 Å². The Hall–Kier alpha value is -1.40. The van der Waals surface area contributed by atoms with Gasteiger partial charge in [-0.2, -0.15) is 0 Å². The predicted octanol–water partition coefficient (Wildman–Crippen LogP) is -0.239. The summed E-state index contributed by atoms with van der Waals surface area (Å²) >= 11 is 0. The zero-order valence-corrected chi connectivity index (χ0v) is 9.84. The van der Waals surface area contributed by atoms with Crippen LogP contribution in [-0.4, -0.2) is 27.4 Å². The van der Waals surface area contributed by atoms with E-state index in [1.165, 1.54) is 10.8 Å². The van der Waals surface area contributed by atoms with Gasteiger partial charge < -0.3 is 9.84 Å². The van der Waals surface area contributed by atoms with Crippen molar-refractivity contribution in [3.63, 3.8) is 0 Å². The fraction of sp³-hybridized carbons (Fsp3) is 0.636. The van der Waals surface area contributed by atoms with E-state index in [0.717, 1.165) is 0 Å². The summed E-state index contributed by atoms with van der Waals surface area (Å²) in [6.45, 7) is 3.54. The van der Waals surface area contributed by atoms with Gasteiger partial charge in [0.15, 0.2) is 0 Å². The number of hydrogen-bond acceptors (Lipinski definition) is 4. The summed E-state index contributed by atoms with van der Waals surface area (Å²) in [5.41, 5.74) is -0.388. The summed E-state index contributed by atoms with van der Waals surface area (Å²) in [6, 6.07) is 0. The summed E-state index contributed by atoms with van der Waals surface area (Å²) in [6.07, 6.45) is 1.49. The number of aromatic amines is 1. The Balaban J connectivity index is 2.34. The summed E-state index contributed by atoms with van der Waals surface area (Å²) < 4.78 is 6.95. The summed E-state index contributed by atoms with van der Waals surface area (Å²) in [4.78, 5) is 25.1. The van der Waals surface area contributed by atoms with E-state index in [1.54, 1.807) is 6.92 Å². The van der Waals surface area contributed by atoms with E-state index < -0.39 is 11.9 Å². The lowest BCUT2D eigenvalue weighted by molar-refractivity contribution is -0.0313. The number of rotatable bonds is 2. The molecule has 0 amide bonds. The Labute approximate surface area is 97.9 Å². The van der Waals surface area contributed by atoms with Gasteiger partial charge in [-0.3, -0.25) is 14.3 Å². The highest BCUT2D eigenvalue weighted by molar-refractivity contribution is 5.01. The minimum Gasteiger partial charge on any atom is -0.394 e. The molecule has 2 N–H and O–H groups in total. The summed E-state index contributed by atoms with van der Waals surface area (Å²) in [5, 5.41) is 9.10. The van der Waals surface area contributed by atoms with Crippen LogP contribution in [0.1, 0.15) is 25.1 Å². The number of H-pyrrole nitrogens is 1. The van der Waals surface area contributed by atoms with Gasteiger partial charge >= 0.3 is 5.69 Å². The van der Waals surface area contributed by atoms with E-state index in [1.807, 2.05) is 6.92 Å². The number of nitrogens with one attached hydrogen (secondary N) is 1. The lowest BCUT2D eigenvalue weighted by atomic mass is 10.0. The average Bonchev–Trinajstić information content (AvgIpc) is 2.65. The molecular weight excluding hydrogens is 224 g/mol. The normalized spacial score (nSPS) is 28.5. The number of ether oxygens (including phenoxy) is 1. The van der Waals surface area contributed by atoms with E-state index in [2.05, 4.69) is 4.98 Å². The molecule has 1 saturated heterocycles. The topological polar surface area (TPSA) is 84.3 Å². The van der Waals surface area contributed by atoms with Crippen LogP contribution in [0, 0.1) is 12.8 Å². The van der Waals surface area contributed by atoms with Crippen LogP contribution in [0.15, 0.2) is 15.8 Å². The monoisotopic (exact) mass is 240 g/mol. The molecule has 2 heterocycles. The van der Waals surface area contributed by atoms with Crippen LogP contribution in [0.2, 0.25) is 0 Å². The van der Waals surface area contributed by atoms with Crippen molar-refractivity contribution >= 4 is 0 Å². The third-order valence-electron chi connectivity index (χ3n) is 3.18. The Morgan fingerprint density at radius 2 is 2.29 bits per heavy atom. The molecule has 2 rings (SSSR count). The van der Waals surface area contributed by atoms with Crippen molar-refractivity contribution in [3.05, 3.63) is 32.6 Å². The van der Waals surface area contributed by atoms with Gasteiger partial charge in [0.25, 0.3) is 5.56 Å². The number of aryl methyl sites for hydroxylation is 1.